The lowest BCUT2D eigenvalue weighted by Crippen LogP contribution is -2.43. The Bertz CT molecular complexity index is 401. The zero-order valence-electron chi connectivity index (χ0n) is 12.7. The van der Waals surface area contributed by atoms with Gasteiger partial charge in [-0.1, -0.05) is 6.08 Å². The van der Waals surface area contributed by atoms with Crippen LogP contribution in [0.5, 0.6) is 0 Å². The number of allylic oxidation sites excluding steroid dienone is 1. The molecule has 1 saturated heterocycles. The molecular formula is C16H25NO4. The number of carbonyl (C=O) groups is 2. The number of amides is 1. The second-order valence-corrected chi connectivity index (χ2v) is 6.22. The van der Waals surface area contributed by atoms with Crippen molar-refractivity contribution in [1.29, 1.82) is 0 Å². The van der Waals surface area contributed by atoms with Gasteiger partial charge in [-0.05, 0) is 56.8 Å². The Hall–Kier alpha value is -1.52. The average molecular weight is 295 g/mol. The molecular weight excluding hydrogens is 270 g/mol. The first-order valence-electron chi connectivity index (χ1n) is 7.87. The Kier molecular flexibility index (Phi) is 5.26. The number of rotatable bonds is 3. The number of likely N-dealkylation sites (tertiary alicyclic amines) is 1. The molecule has 2 aliphatic rings. The van der Waals surface area contributed by atoms with Crippen molar-refractivity contribution in [1.82, 2.24) is 4.90 Å². The van der Waals surface area contributed by atoms with Gasteiger partial charge in [0.05, 0.1) is 6.61 Å². The van der Waals surface area contributed by atoms with Crippen LogP contribution in [0.15, 0.2) is 12.2 Å². The fourth-order valence-electron chi connectivity index (χ4n) is 3.52. The maximum atomic E-state index is 11.3. The van der Waals surface area contributed by atoms with Crippen molar-refractivity contribution in [3.63, 3.8) is 0 Å². The smallest absolute Gasteiger partial charge is 0.407 e. The van der Waals surface area contributed by atoms with Crippen LogP contribution in [0.2, 0.25) is 0 Å². The molecule has 1 aliphatic heterocycles. The summed E-state index contributed by atoms with van der Waals surface area (Å²) in [7, 11) is 0. The molecule has 118 valence electrons. The molecule has 1 saturated carbocycles. The second kappa shape index (κ2) is 6.96. The molecule has 0 radical (unpaired) electrons. The van der Waals surface area contributed by atoms with E-state index in [2.05, 4.69) is 0 Å². The van der Waals surface area contributed by atoms with E-state index in [-0.39, 0.29) is 5.97 Å². The molecule has 0 unspecified atom stereocenters. The molecule has 0 atom stereocenters. The number of piperidine rings is 1. The minimum Gasteiger partial charge on any atom is -0.465 e. The maximum Gasteiger partial charge on any atom is 0.407 e. The van der Waals surface area contributed by atoms with Crippen LogP contribution in [0.3, 0.4) is 0 Å². The summed E-state index contributed by atoms with van der Waals surface area (Å²) in [5.74, 6) is 0.199. The van der Waals surface area contributed by atoms with E-state index < -0.39 is 6.09 Å². The number of hydrogen-bond donors (Lipinski definition) is 1. The van der Waals surface area contributed by atoms with Crippen molar-refractivity contribution in [3.05, 3.63) is 12.2 Å². The summed E-state index contributed by atoms with van der Waals surface area (Å²) in [6.45, 7) is 3.55. The molecule has 1 spiro atoms. The van der Waals surface area contributed by atoms with Gasteiger partial charge in [0.2, 0.25) is 0 Å². The van der Waals surface area contributed by atoms with Crippen molar-refractivity contribution in [2.45, 2.75) is 45.4 Å². The van der Waals surface area contributed by atoms with Crippen molar-refractivity contribution in [2.75, 3.05) is 19.7 Å². The summed E-state index contributed by atoms with van der Waals surface area (Å²) >= 11 is 0. The first-order valence-corrected chi connectivity index (χ1v) is 7.87. The lowest BCUT2D eigenvalue weighted by Gasteiger charge is -2.45. The Morgan fingerprint density at radius 3 is 2.38 bits per heavy atom. The van der Waals surface area contributed by atoms with E-state index in [1.807, 2.05) is 6.08 Å². The monoisotopic (exact) mass is 295 g/mol. The van der Waals surface area contributed by atoms with E-state index in [1.54, 1.807) is 13.0 Å². The van der Waals surface area contributed by atoms with E-state index in [0.717, 1.165) is 38.5 Å². The molecule has 0 aromatic rings. The summed E-state index contributed by atoms with van der Waals surface area (Å²) in [4.78, 5) is 23.8. The second-order valence-electron chi connectivity index (χ2n) is 6.22. The van der Waals surface area contributed by atoms with Crippen LogP contribution in [-0.4, -0.2) is 41.8 Å². The van der Waals surface area contributed by atoms with Gasteiger partial charge < -0.3 is 14.7 Å². The first-order chi connectivity index (χ1) is 10.0. The van der Waals surface area contributed by atoms with E-state index in [4.69, 9.17) is 9.84 Å². The number of esters is 1. The van der Waals surface area contributed by atoms with Crippen LogP contribution in [0.1, 0.15) is 45.4 Å². The van der Waals surface area contributed by atoms with Crippen LogP contribution >= 0.6 is 0 Å². The standard InChI is InChI=1S/C16H25NO4/c1-2-21-14(18)4-3-13-5-7-16(8-6-13)9-11-17(12-10-16)15(19)20/h3-4,13H,2,5-12H2,1H3,(H,19,20)/b4-3+. The molecule has 1 aliphatic carbocycles. The molecule has 1 heterocycles. The van der Waals surface area contributed by atoms with Gasteiger partial charge >= 0.3 is 12.1 Å². The highest BCUT2D eigenvalue weighted by Crippen LogP contribution is 2.46. The van der Waals surface area contributed by atoms with Crippen molar-refractivity contribution in [2.24, 2.45) is 11.3 Å². The van der Waals surface area contributed by atoms with Crippen molar-refractivity contribution in [3.8, 4) is 0 Å². The zero-order valence-corrected chi connectivity index (χ0v) is 12.7. The van der Waals surface area contributed by atoms with Crippen molar-refractivity contribution >= 4 is 12.1 Å². The first kappa shape index (κ1) is 15.9. The van der Waals surface area contributed by atoms with Gasteiger partial charge in [-0.25, -0.2) is 9.59 Å². The summed E-state index contributed by atoms with van der Waals surface area (Å²) < 4.78 is 4.89. The molecule has 21 heavy (non-hydrogen) atoms. The van der Waals surface area contributed by atoms with Crippen LogP contribution in [0.25, 0.3) is 0 Å². The molecule has 2 rings (SSSR count). The van der Waals surface area contributed by atoms with Gasteiger partial charge in [-0.3, -0.25) is 0 Å². The highest BCUT2D eigenvalue weighted by atomic mass is 16.5. The van der Waals surface area contributed by atoms with E-state index >= 15 is 0 Å². The normalized spacial score (nSPS) is 22.6. The van der Waals surface area contributed by atoms with Crippen LogP contribution in [0.4, 0.5) is 4.79 Å². The minimum atomic E-state index is -0.795. The SMILES string of the molecule is CCOC(=O)/C=C/C1CCC2(CC1)CCN(C(=O)O)CC2. The minimum absolute atomic E-state index is 0.257. The average Bonchev–Trinajstić information content (AvgIpc) is 2.48. The predicted octanol–water partition coefficient (Wildman–Crippen LogP) is 3.06. The molecule has 0 aromatic heterocycles. The number of hydrogen-bond acceptors (Lipinski definition) is 3. The largest absolute Gasteiger partial charge is 0.465 e. The fourth-order valence-corrected chi connectivity index (χ4v) is 3.52. The number of ether oxygens (including phenoxy) is 1. The third kappa shape index (κ3) is 4.22. The molecule has 1 amide bonds. The molecule has 1 N–H and O–H groups in total. The Morgan fingerprint density at radius 1 is 1.24 bits per heavy atom. The molecule has 5 heteroatoms. The van der Waals surface area contributed by atoms with Crippen LogP contribution in [0, 0.1) is 11.3 Å². The third-order valence-corrected chi connectivity index (χ3v) is 4.98. The number of carbonyl (C=O) groups excluding carboxylic acids is 1. The van der Waals surface area contributed by atoms with Gasteiger partial charge in [-0.2, -0.15) is 0 Å². The molecule has 0 bridgehead atoms. The highest BCUT2D eigenvalue weighted by molar-refractivity contribution is 5.81. The van der Waals surface area contributed by atoms with Gasteiger partial charge in [-0.15, -0.1) is 0 Å². The Morgan fingerprint density at radius 2 is 1.86 bits per heavy atom. The summed E-state index contributed by atoms with van der Waals surface area (Å²) in [5.41, 5.74) is 0.334. The topological polar surface area (TPSA) is 66.8 Å². The fraction of sp³-hybridized carbons (Fsp3) is 0.750. The van der Waals surface area contributed by atoms with Gasteiger partial charge in [0.25, 0.3) is 0 Å². The maximum absolute atomic E-state index is 11.3. The lowest BCUT2D eigenvalue weighted by molar-refractivity contribution is -0.137. The summed E-state index contributed by atoms with van der Waals surface area (Å²) in [5, 5.41) is 9.01. The lowest BCUT2D eigenvalue weighted by atomic mass is 9.65. The van der Waals surface area contributed by atoms with E-state index in [1.165, 1.54) is 4.90 Å². The zero-order chi connectivity index (χ0) is 15.3. The highest BCUT2D eigenvalue weighted by Gasteiger charge is 2.38. The molecule has 5 nitrogen and oxygen atoms in total. The van der Waals surface area contributed by atoms with Crippen molar-refractivity contribution < 1.29 is 19.4 Å². The predicted molar refractivity (Wildman–Crippen MR) is 79.0 cm³/mol. The van der Waals surface area contributed by atoms with Gasteiger partial charge in [0.15, 0.2) is 0 Å². The quantitative estimate of drug-likeness (QED) is 0.642. The summed E-state index contributed by atoms with van der Waals surface area (Å²) in [6, 6.07) is 0. The van der Waals surface area contributed by atoms with Gasteiger partial charge in [0, 0.05) is 19.2 Å². The third-order valence-electron chi connectivity index (χ3n) is 4.98. The van der Waals surface area contributed by atoms with E-state index in [9.17, 15) is 9.59 Å². The van der Waals surface area contributed by atoms with Gasteiger partial charge in [0.1, 0.15) is 0 Å². The van der Waals surface area contributed by atoms with Crippen LogP contribution in [-0.2, 0) is 9.53 Å². The van der Waals surface area contributed by atoms with E-state index in [0.29, 0.717) is 31.0 Å². The van der Waals surface area contributed by atoms with Crippen LogP contribution < -0.4 is 0 Å². The number of nitrogens with zero attached hydrogens (tertiary/aromatic N) is 1. The molecule has 0 aromatic carbocycles. The Balaban J connectivity index is 1.78. The summed E-state index contributed by atoms with van der Waals surface area (Å²) in [6.07, 6.45) is 9.15. The number of carboxylic acid groups (broad SMARTS) is 1. The Labute approximate surface area is 126 Å². The molecule has 2 fully saturated rings.